The summed E-state index contributed by atoms with van der Waals surface area (Å²) in [5, 5.41) is 0. The second kappa shape index (κ2) is 4.44. The molecule has 0 saturated carbocycles. The zero-order valence-corrected chi connectivity index (χ0v) is 10.1. The van der Waals surface area contributed by atoms with Crippen LogP contribution in [0.4, 0.5) is 0 Å². The van der Waals surface area contributed by atoms with Gasteiger partial charge in [0.25, 0.3) is 0 Å². The van der Waals surface area contributed by atoms with Crippen LogP contribution in [-0.2, 0) is 6.54 Å². The smallest absolute Gasteiger partial charge is 0.151 e. The van der Waals surface area contributed by atoms with Crippen LogP contribution in [0.3, 0.4) is 0 Å². The van der Waals surface area contributed by atoms with Crippen LogP contribution in [0.25, 0.3) is 0 Å². The lowest BCUT2D eigenvalue weighted by Gasteiger charge is -2.14. The second-order valence-electron chi connectivity index (χ2n) is 4.28. The SMILES string of the molecule is Cc1cc(C=O)c(C)n1CC1CCSC1. The first-order chi connectivity index (χ1) is 7.22. The van der Waals surface area contributed by atoms with Gasteiger partial charge in [0.1, 0.15) is 0 Å². The minimum absolute atomic E-state index is 0.791. The van der Waals surface area contributed by atoms with Gasteiger partial charge < -0.3 is 4.57 Å². The predicted octanol–water partition coefficient (Wildman–Crippen LogP) is 2.67. The summed E-state index contributed by atoms with van der Waals surface area (Å²) < 4.78 is 2.29. The average molecular weight is 223 g/mol. The number of hydrogen-bond donors (Lipinski definition) is 0. The number of aldehydes is 1. The van der Waals surface area contributed by atoms with Crippen LogP contribution in [0.1, 0.15) is 28.2 Å². The molecule has 0 amide bonds. The lowest BCUT2D eigenvalue weighted by atomic mass is 10.1. The first-order valence-electron chi connectivity index (χ1n) is 5.42. The Morgan fingerprint density at radius 1 is 1.60 bits per heavy atom. The number of aromatic nitrogens is 1. The van der Waals surface area contributed by atoms with Crippen LogP contribution in [-0.4, -0.2) is 22.4 Å². The van der Waals surface area contributed by atoms with Crippen molar-refractivity contribution >= 4 is 18.0 Å². The standard InChI is InChI=1S/C12H17NOS/c1-9-5-12(7-14)10(2)13(9)6-11-3-4-15-8-11/h5,7,11H,3-4,6,8H2,1-2H3. The van der Waals surface area contributed by atoms with Gasteiger partial charge in [-0.3, -0.25) is 4.79 Å². The van der Waals surface area contributed by atoms with Gasteiger partial charge >= 0.3 is 0 Å². The molecule has 1 aromatic rings. The van der Waals surface area contributed by atoms with Crippen molar-refractivity contribution < 1.29 is 4.79 Å². The van der Waals surface area contributed by atoms with E-state index >= 15 is 0 Å². The van der Waals surface area contributed by atoms with Gasteiger partial charge in [0, 0.05) is 23.5 Å². The summed E-state index contributed by atoms with van der Waals surface area (Å²) in [7, 11) is 0. The molecule has 1 atom stereocenters. The van der Waals surface area contributed by atoms with Crippen molar-refractivity contribution in [1.82, 2.24) is 4.57 Å². The normalized spacial score (nSPS) is 20.8. The molecule has 1 unspecified atom stereocenters. The van der Waals surface area contributed by atoms with Gasteiger partial charge in [-0.15, -0.1) is 0 Å². The van der Waals surface area contributed by atoms with Gasteiger partial charge in [-0.05, 0) is 43.8 Å². The van der Waals surface area contributed by atoms with Crippen LogP contribution in [0.5, 0.6) is 0 Å². The highest BCUT2D eigenvalue weighted by Crippen LogP contribution is 2.26. The summed E-state index contributed by atoms with van der Waals surface area (Å²) in [4.78, 5) is 10.8. The van der Waals surface area contributed by atoms with Crippen LogP contribution in [0.15, 0.2) is 6.07 Å². The molecule has 1 aromatic heterocycles. The fraction of sp³-hybridized carbons (Fsp3) is 0.583. The second-order valence-corrected chi connectivity index (χ2v) is 5.43. The largest absolute Gasteiger partial charge is 0.348 e. The van der Waals surface area contributed by atoms with Gasteiger partial charge in [-0.1, -0.05) is 0 Å². The number of rotatable bonds is 3. The molecule has 1 fully saturated rings. The number of nitrogens with zero attached hydrogens (tertiary/aromatic N) is 1. The van der Waals surface area contributed by atoms with Gasteiger partial charge in [0.15, 0.2) is 6.29 Å². The summed E-state index contributed by atoms with van der Waals surface area (Å²) in [5.74, 6) is 3.36. The molecule has 2 heterocycles. The number of aryl methyl sites for hydroxylation is 1. The Kier molecular flexibility index (Phi) is 3.19. The van der Waals surface area contributed by atoms with Gasteiger partial charge in [-0.25, -0.2) is 0 Å². The third-order valence-corrected chi connectivity index (χ3v) is 4.44. The van der Waals surface area contributed by atoms with Crippen molar-refractivity contribution in [2.45, 2.75) is 26.8 Å². The van der Waals surface area contributed by atoms with E-state index in [2.05, 4.69) is 11.5 Å². The monoisotopic (exact) mass is 223 g/mol. The molecular weight excluding hydrogens is 206 g/mol. The summed E-state index contributed by atoms with van der Waals surface area (Å²) in [6.07, 6.45) is 2.28. The Hall–Kier alpha value is -0.700. The minimum atomic E-state index is 0.791. The van der Waals surface area contributed by atoms with E-state index in [0.717, 1.165) is 30.0 Å². The molecule has 0 aromatic carbocycles. The summed E-state index contributed by atoms with van der Waals surface area (Å²) in [5.41, 5.74) is 3.18. The zero-order valence-electron chi connectivity index (χ0n) is 9.32. The molecule has 2 nitrogen and oxygen atoms in total. The molecule has 3 heteroatoms. The quantitative estimate of drug-likeness (QED) is 0.735. The first-order valence-corrected chi connectivity index (χ1v) is 6.57. The molecule has 0 radical (unpaired) electrons. The highest BCUT2D eigenvalue weighted by Gasteiger charge is 2.18. The lowest BCUT2D eigenvalue weighted by Crippen LogP contribution is -2.12. The molecule has 15 heavy (non-hydrogen) atoms. The third-order valence-electron chi connectivity index (χ3n) is 3.20. The molecule has 2 rings (SSSR count). The molecule has 0 aliphatic carbocycles. The van der Waals surface area contributed by atoms with Crippen LogP contribution in [0, 0.1) is 19.8 Å². The number of hydrogen-bond acceptors (Lipinski definition) is 2. The van der Waals surface area contributed by atoms with Crippen LogP contribution in [0.2, 0.25) is 0 Å². The maximum Gasteiger partial charge on any atom is 0.151 e. The van der Waals surface area contributed by atoms with Crippen molar-refractivity contribution in [2.24, 2.45) is 5.92 Å². The van der Waals surface area contributed by atoms with E-state index in [0.29, 0.717) is 0 Å². The zero-order chi connectivity index (χ0) is 10.8. The van der Waals surface area contributed by atoms with Gasteiger partial charge in [-0.2, -0.15) is 11.8 Å². The van der Waals surface area contributed by atoms with Gasteiger partial charge in [0.05, 0.1) is 0 Å². The lowest BCUT2D eigenvalue weighted by molar-refractivity contribution is 0.112. The molecule has 0 spiro atoms. The highest BCUT2D eigenvalue weighted by molar-refractivity contribution is 7.99. The number of carbonyl (C=O) groups is 1. The summed E-state index contributed by atoms with van der Waals surface area (Å²) in [6.45, 7) is 5.21. The molecular formula is C12H17NOS. The van der Waals surface area contributed by atoms with Crippen molar-refractivity contribution in [3.8, 4) is 0 Å². The third kappa shape index (κ3) is 2.12. The number of thioether (sulfide) groups is 1. The van der Waals surface area contributed by atoms with Crippen molar-refractivity contribution in [3.63, 3.8) is 0 Å². The van der Waals surface area contributed by atoms with Crippen molar-refractivity contribution in [1.29, 1.82) is 0 Å². The topological polar surface area (TPSA) is 22.0 Å². The Morgan fingerprint density at radius 2 is 2.40 bits per heavy atom. The Labute approximate surface area is 95.0 Å². The molecule has 1 saturated heterocycles. The molecule has 82 valence electrons. The minimum Gasteiger partial charge on any atom is -0.348 e. The Morgan fingerprint density at radius 3 is 2.93 bits per heavy atom. The molecule has 0 N–H and O–H groups in total. The van der Waals surface area contributed by atoms with E-state index in [-0.39, 0.29) is 0 Å². The first kappa shape index (κ1) is 10.8. The van der Waals surface area contributed by atoms with Crippen molar-refractivity contribution in [3.05, 3.63) is 23.0 Å². The van der Waals surface area contributed by atoms with E-state index < -0.39 is 0 Å². The van der Waals surface area contributed by atoms with Gasteiger partial charge in [0.2, 0.25) is 0 Å². The Balaban J connectivity index is 2.19. The predicted molar refractivity (Wildman–Crippen MR) is 64.7 cm³/mol. The molecule has 0 bridgehead atoms. The van der Waals surface area contributed by atoms with E-state index in [1.165, 1.54) is 23.6 Å². The molecule has 1 aliphatic heterocycles. The van der Waals surface area contributed by atoms with Crippen molar-refractivity contribution in [2.75, 3.05) is 11.5 Å². The maximum atomic E-state index is 10.8. The van der Waals surface area contributed by atoms with E-state index in [4.69, 9.17) is 0 Å². The average Bonchev–Trinajstić information content (AvgIpc) is 2.81. The highest BCUT2D eigenvalue weighted by atomic mass is 32.2. The fourth-order valence-corrected chi connectivity index (χ4v) is 3.49. The summed E-state index contributed by atoms with van der Waals surface area (Å²) in [6, 6.07) is 1.99. The van der Waals surface area contributed by atoms with Crippen LogP contribution >= 0.6 is 11.8 Å². The van der Waals surface area contributed by atoms with E-state index in [1.807, 2.05) is 24.8 Å². The summed E-state index contributed by atoms with van der Waals surface area (Å²) >= 11 is 2.04. The maximum absolute atomic E-state index is 10.8. The van der Waals surface area contributed by atoms with E-state index in [9.17, 15) is 4.79 Å². The van der Waals surface area contributed by atoms with Crippen LogP contribution < -0.4 is 0 Å². The Bertz CT molecular complexity index is 364. The molecule has 1 aliphatic rings. The number of carbonyl (C=O) groups excluding carboxylic acids is 1. The fourth-order valence-electron chi connectivity index (χ4n) is 2.21. The van der Waals surface area contributed by atoms with E-state index in [1.54, 1.807) is 0 Å².